The topological polar surface area (TPSA) is 45.5 Å². The van der Waals surface area contributed by atoms with Crippen LogP contribution in [0.2, 0.25) is 5.02 Å². The second-order valence-electron chi connectivity index (χ2n) is 7.76. The zero-order valence-electron chi connectivity index (χ0n) is 17.2. The minimum Gasteiger partial charge on any atom is -0.374 e. The maximum Gasteiger partial charge on any atom is 0.187 e. The van der Waals surface area contributed by atoms with Crippen LogP contribution in [0.4, 0.5) is 0 Å². The zero-order chi connectivity index (χ0) is 20.8. The van der Waals surface area contributed by atoms with Crippen molar-refractivity contribution in [3.8, 4) is 0 Å². The molecule has 0 saturated carbocycles. The monoisotopic (exact) mass is 426 g/mol. The Morgan fingerprint density at radius 1 is 1.20 bits per heavy atom. The molecule has 4 rings (SSSR count). The number of ether oxygens (including phenoxy) is 3. The van der Waals surface area contributed by atoms with Crippen LogP contribution in [0.3, 0.4) is 0 Å². The predicted molar refractivity (Wildman–Crippen MR) is 116 cm³/mol. The highest BCUT2D eigenvalue weighted by atomic mass is 35.5. The van der Waals surface area contributed by atoms with Gasteiger partial charge in [-0.25, -0.2) is 4.98 Å². The van der Waals surface area contributed by atoms with Gasteiger partial charge in [-0.3, -0.25) is 0 Å². The normalized spacial score (nSPS) is 21.2. The molecule has 30 heavy (non-hydrogen) atoms. The fraction of sp³-hybridized carbons (Fsp3) is 0.375. The predicted octanol–water partition coefficient (Wildman–Crippen LogP) is 4.81. The molecule has 2 atom stereocenters. The number of benzene rings is 2. The Hall–Kier alpha value is -2.18. The number of hydrogen-bond donors (Lipinski definition) is 0. The van der Waals surface area contributed by atoms with Gasteiger partial charge < -0.3 is 18.8 Å². The lowest BCUT2D eigenvalue weighted by atomic mass is 10.0. The Morgan fingerprint density at radius 2 is 2.03 bits per heavy atom. The number of hydrogen-bond acceptors (Lipinski definition) is 4. The summed E-state index contributed by atoms with van der Waals surface area (Å²) in [6.45, 7) is 4.28. The van der Waals surface area contributed by atoms with E-state index in [-0.39, 0.29) is 6.10 Å². The van der Waals surface area contributed by atoms with Crippen molar-refractivity contribution in [1.29, 1.82) is 0 Å². The molecule has 6 heteroatoms. The molecule has 1 aliphatic heterocycles. The van der Waals surface area contributed by atoms with Gasteiger partial charge in [0.15, 0.2) is 5.79 Å². The van der Waals surface area contributed by atoms with Crippen molar-refractivity contribution in [2.45, 2.75) is 44.8 Å². The second kappa shape index (κ2) is 9.75. The van der Waals surface area contributed by atoms with Crippen LogP contribution in [0.1, 0.15) is 23.1 Å². The van der Waals surface area contributed by atoms with Gasteiger partial charge in [-0.05, 0) is 42.2 Å². The lowest BCUT2D eigenvalue weighted by Gasteiger charge is -2.28. The Balaban J connectivity index is 1.36. The van der Waals surface area contributed by atoms with Gasteiger partial charge in [-0.15, -0.1) is 0 Å². The van der Waals surface area contributed by atoms with E-state index in [1.165, 1.54) is 16.7 Å². The van der Waals surface area contributed by atoms with Crippen LogP contribution in [0.25, 0.3) is 0 Å². The molecule has 0 amide bonds. The summed E-state index contributed by atoms with van der Waals surface area (Å²) >= 11 is 6.01. The molecule has 0 bridgehead atoms. The molecule has 3 aromatic rings. The number of rotatable bonds is 9. The van der Waals surface area contributed by atoms with Crippen LogP contribution in [-0.4, -0.2) is 34.7 Å². The standard InChI is InChI=1S/C24H27ClN2O3/c1-19-4-2-3-5-21(19)14-28-15-23-16-29-24(30-23,17-27-13-12-26-18-27)11-10-20-6-8-22(25)9-7-20/h2-9,12-13,18,23H,10-11,14-17H2,1H3. The second-order valence-corrected chi connectivity index (χ2v) is 8.20. The molecule has 0 radical (unpaired) electrons. The molecular weight excluding hydrogens is 400 g/mol. The molecule has 0 spiro atoms. The van der Waals surface area contributed by atoms with E-state index in [1.807, 2.05) is 47.2 Å². The van der Waals surface area contributed by atoms with Crippen molar-refractivity contribution < 1.29 is 14.2 Å². The van der Waals surface area contributed by atoms with Gasteiger partial charge in [0, 0.05) is 23.8 Å². The minimum atomic E-state index is -0.697. The summed E-state index contributed by atoms with van der Waals surface area (Å²) in [7, 11) is 0. The van der Waals surface area contributed by atoms with Crippen LogP contribution in [0, 0.1) is 6.92 Å². The third kappa shape index (κ3) is 5.49. The molecule has 2 heterocycles. The first-order valence-corrected chi connectivity index (χ1v) is 10.6. The van der Waals surface area contributed by atoms with Crippen molar-refractivity contribution in [2.75, 3.05) is 13.2 Å². The van der Waals surface area contributed by atoms with Crippen LogP contribution in [0.15, 0.2) is 67.3 Å². The first-order valence-electron chi connectivity index (χ1n) is 10.3. The van der Waals surface area contributed by atoms with Crippen molar-refractivity contribution in [1.82, 2.24) is 9.55 Å². The average molecular weight is 427 g/mol. The van der Waals surface area contributed by atoms with Crippen LogP contribution < -0.4 is 0 Å². The fourth-order valence-electron chi connectivity index (χ4n) is 3.71. The van der Waals surface area contributed by atoms with E-state index in [0.717, 1.165) is 17.9 Å². The third-order valence-electron chi connectivity index (χ3n) is 5.43. The molecule has 5 nitrogen and oxygen atoms in total. The maximum absolute atomic E-state index is 6.41. The van der Waals surface area contributed by atoms with Crippen molar-refractivity contribution >= 4 is 11.6 Å². The van der Waals surface area contributed by atoms with Crippen molar-refractivity contribution in [2.24, 2.45) is 0 Å². The van der Waals surface area contributed by atoms with Crippen LogP contribution in [-0.2, 0) is 33.8 Å². The van der Waals surface area contributed by atoms with Crippen LogP contribution >= 0.6 is 11.6 Å². The molecule has 2 aromatic carbocycles. The van der Waals surface area contributed by atoms with Crippen molar-refractivity contribution in [3.05, 3.63) is 89.0 Å². The fourth-order valence-corrected chi connectivity index (χ4v) is 3.83. The summed E-state index contributed by atoms with van der Waals surface area (Å²) in [6.07, 6.45) is 6.97. The summed E-state index contributed by atoms with van der Waals surface area (Å²) < 4.78 is 20.6. The first kappa shape index (κ1) is 21.1. The van der Waals surface area contributed by atoms with Gasteiger partial charge in [-0.2, -0.15) is 0 Å². The highest BCUT2D eigenvalue weighted by Crippen LogP contribution is 2.31. The molecule has 158 valence electrons. The smallest absolute Gasteiger partial charge is 0.187 e. The molecule has 0 N–H and O–H groups in total. The van der Waals surface area contributed by atoms with Crippen molar-refractivity contribution in [3.63, 3.8) is 0 Å². The summed E-state index contributed by atoms with van der Waals surface area (Å²) in [4.78, 5) is 4.15. The molecule has 2 unspecified atom stereocenters. The third-order valence-corrected chi connectivity index (χ3v) is 5.68. The van der Waals surface area contributed by atoms with Gasteiger partial charge in [0.25, 0.3) is 0 Å². The molecule has 1 saturated heterocycles. The van der Waals surface area contributed by atoms with Gasteiger partial charge in [0.05, 0.1) is 32.7 Å². The molecule has 1 aliphatic rings. The van der Waals surface area contributed by atoms with E-state index in [9.17, 15) is 0 Å². The molecule has 1 aromatic heterocycles. The van der Waals surface area contributed by atoms with Gasteiger partial charge in [0.1, 0.15) is 6.10 Å². The average Bonchev–Trinajstić information content (AvgIpc) is 3.40. The largest absolute Gasteiger partial charge is 0.374 e. The summed E-state index contributed by atoms with van der Waals surface area (Å²) in [5, 5.41) is 0.742. The van der Waals surface area contributed by atoms with E-state index in [4.69, 9.17) is 25.8 Å². The molecular formula is C24H27ClN2O3. The van der Waals surface area contributed by atoms with E-state index < -0.39 is 5.79 Å². The van der Waals surface area contributed by atoms with Crippen LogP contribution in [0.5, 0.6) is 0 Å². The maximum atomic E-state index is 6.41. The summed E-state index contributed by atoms with van der Waals surface area (Å²) in [5.74, 6) is -0.697. The first-order chi connectivity index (χ1) is 14.6. The van der Waals surface area contributed by atoms with Gasteiger partial charge >= 0.3 is 0 Å². The molecule has 0 aliphatic carbocycles. The Bertz CT molecular complexity index is 930. The summed E-state index contributed by atoms with van der Waals surface area (Å²) in [5.41, 5.74) is 3.64. The Kier molecular flexibility index (Phi) is 6.85. The quantitative estimate of drug-likeness (QED) is 0.492. The summed E-state index contributed by atoms with van der Waals surface area (Å²) in [6, 6.07) is 16.2. The number of aryl methyl sites for hydroxylation is 2. The minimum absolute atomic E-state index is 0.0947. The van der Waals surface area contributed by atoms with E-state index in [1.54, 1.807) is 12.5 Å². The number of halogens is 1. The highest BCUT2D eigenvalue weighted by Gasteiger charge is 2.41. The zero-order valence-corrected chi connectivity index (χ0v) is 17.9. The lowest BCUT2D eigenvalue weighted by Crippen LogP contribution is -2.37. The van der Waals surface area contributed by atoms with Gasteiger partial charge in [-0.1, -0.05) is 48.0 Å². The van der Waals surface area contributed by atoms with Gasteiger partial charge in [0.2, 0.25) is 0 Å². The lowest BCUT2D eigenvalue weighted by molar-refractivity contribution is -0.187. The Morgan fingerprint density at radius 3 is 2.80 bits per heavy atom. The molecule has 1 fully saturated rings. The number of aromatic nitrogens is 2. The van der Waals surface area contributed by atoms with E-state index in [2.05, 4.69) is 24.0 Å². The Labute approximate surface area is 182 Å². The number of nitrogens with zero attached hydrogens (tertiary/aromatic N) is 2. The SMILES string of the molecule is Cc1ccccc1COCC1COC(CCc2ccc(Cl)cc2)(Cn2ccnc2)O1. The van der Waals surface area contributed by atoms with E-state index >= 15 is 0 Å². The highest BCUT2D eigenvalue weighted by molar-refractivity contribution is 6.30. The van der Waals surface area contributed by atoms with E-state index in [0.29, 0.717) is 26.4 Å². The number of imidazole rings is 1.